The predicted molar refractivity (Wildman–Crippen MR) is 113 cm³/mol. The fourth-order valence-corrected chi connectivity index (χ4v) is 2.89. The zero-order valence-electron chi connectivity index (χ0n) is 17.1. The summed E-state index contributed by atoms with van der Waals surface area (Å²) in [5, 5.41) is 22.3. The number of nitro groups is 2. The first kappa shape index (κ1) is 22.1. The Morgan fingerprint density at radius 1 is 1.00 bits per heavy atom. The average Bonchev–Trinajstić information content (AvgIpc) is 2.71. The predicted octanol–water partition coefficient (Wildman–Crippen LogP) is 3.39. The standard InChI is InChI=1S/C20H18N6O6/c1-12-7-13(2)9-16(8-12)32-20-18(26(30)31)19(21-11-22-20)24-23-17(27)10-14-3-5-15(6-4-14)25(28)29/h3-9,11H,10H2,1-2H3,(H,23,27)(H,21,22,24). The molecule has 12 heteroatoms. The van der Waals surface area contributed by atoms with Crippen LogP contribution in [0.15, 0.2) is 48.8 Å². The van der Waals surface area contributed by atoms with Crippen molar-refractivity contribution in [2.45, 2.75) is 20.3 Å². The summed E-state index contributed by atoms with van der Waals surface area (Å²) in [5.41, 5.74) is 6.42. The Hall–Kier alpha value is -4.61. The highest BCUT2D eigenvalue weighted by Gasteiger charge is 2.25. The van der Waals surface area contributed by atoms with Gasteiger partial charge < -0.3 is 4.74 Å². The van der Waals surface area contributed by atoms with Crippen LogP contribution in [0, 0.1) is 34.1 Å². The molecule has 1 heterocycles. The Balaban J connectivity index is 1.73. The Kier molecular flexibility index (Phi) is 6.53. The van der Waals surface area contributed by atoms with Gasteiger partial charge in [0.25, 0.3) is 5.69 Å². The lowest BCUT2D eigenvalue weighted by Crippen LogP contribution is -2.31. The summed E-state index contributed by atoms with van der Waals surface area (Å²) < 4.78 is 5.61. The molecule has 32 heavy (non-hydrogen) atoms. The summed E-state index contributed by atoms with van der Waals surface area (Å²) in [6, 6.07) is 10.8. The van der Waals surface area contributed by atoms with Gasteiger partial charge in [-0.05, 0) is 42.7 Å². The molecule has 0 spiro atoms. The van der Waals surface area contributed by atoms with E-state index in [1.54, 1.807) is 12.1 Å². The second-order valence-corrected chi connectivity index (χ2v) is 6.83. The maximum atomic E-state index is 12.2. The number of nitrogens with zero attached hydrogens (tertiary/aromatic N) is 4. The number of nitrogens with one attached hydrogen (secondary N) is 2. The zero-order valence-corrected chi connectivity index (χ0v) is 17.1. The summed E-state index contributed by atoms with van der Waals surface area (Å²) >= 11 is 0. The molecule has 1 aromatic heterocycles. The second kappa shape index (κ2) is 9.47. The number of hydrazine groups is 1. The molecule has 0 fully saturated rings. The summed E-state index contributed by atoms with van der Waals surface area (Å²) in [4.78, 5) is 40.9. The minimum Gasteiger partial charge on any atom is -0.434 e. The maximum Gasteiger partial charge on any atom is 0.374 e. The van der Waals surface area contributed by atoms with Crippen LogP contribution >= 0.6 is 0 Å². The summed E-state index contributed by atoms with van der Waals surface area (Å²) in [5.74, 6) is -0.718. The van der Waals surface area contributed by atoms with Crippen LogP contribution in [0.1, 0.15) is 16.7 Å². The highest BCUT2D eigenvalue weighted by Crippen LogP contribution is 2.34. The fraction of sp³-hybridized carbons (Fsp3) is 0.150. The van der Waals surface area contributed by atoms with Crippen molar-refractivity contribution >= 4 is 23.1 Å². The highest BCUT2D eigenvalue weighted by atomic mass is 16.6. The van der Waals surface area contributed by atoms with Gasteiger partial charge in [-0.15, -0.1) is 0 Å². The average molecular weight is 438 g/mol. The molecule has 2 N–H and O–H groups in total. The number of amides is 1. The lowest BCUT2D eigenvalue weighted by molar-refractivity contribution is -0.385. The SMILES string of the molecule is Cc1cc(C)cc(Oc2ncnc(NNC(=O)Cc3ccc([N+](=O)[O-])cc3)c2[N+](=O)[O-])c1. The lowest BCUT2D eigenvalue weighted by Gasteiger charge is -2.11. The molecule has 0 aliphatic carbocycles. The van der Waals surface area contributed by atoms with Gasteiger partial charge in [0.1, 0.15) is 12.1 Å². The van der Waals surface area contributed by atoms with Crippen LogP contribution in [0.4, 0.5) is 17.2 Å². The van der Waals surface area contributed by atoms with Crippen molar-refractivity contribution in [1.82, 2.24) is 15.4 Å². The third-order valence-electron chi connectivity index (χ3n) is 4.21. The van der Waals surface area contributed by atoms with E-state index in [2.05, 4.69) is 20.8 Å². The molecule has 1 amide bonds. The van der Waals surface area contributed by atoms with E-state index in [0.717, 1.165) is 17.5 Å². The first-order valence-corrected chi connectivity index (χ1v) is 9.26. The molecule has 0 bridgehead atoms. The molecular weight excluding hydrogens is 420 g/mol. The van der Waals surface area contributed by atoms with Crippen molar-refractivity contribution < 1.29 is 19.4 Å². The van der Waals surface area contributed by atoms with Crippen molar-refractivity contribution in [3.8, 4) is 11.6 Å². The topological polar surface area (TPSA) is 162 Å². The first-order chi connectivity index (χ1) is 15.2. The van der Waals surface area contributed by atoms with E-state index in [-0.39, 0.29) is 23.8 Å². The number of ether oxygens (including phenoxy) is 1. The minimum atomic E-state index is -0.719. The van der Waals surface area contributed by atoms with Crippen LogP contribution in [0.25, 0.3) is 0 Å². The summed E-state index contributed by atoms with van der Waals surface area (Å²) in [7, 11) is 0. The van der Waals surface area contributed by atoms with Crippen molar-refractivity contribution in [1.29, 1.82) is 0 Å². The lowest BCUT2D eigenvalue weighted by atomic mass is 10.1. The molecule has 164 valence electrons. The smallest absolute Gasteiger partial charge is 0.374 e. The Labute approximate surface area is 181 Å². The molecule has 3 rings (SSSR count). The normalized spacial score (nSPS) is 10.3. The van der Waals surface area contributed by atoms with Gasteiger partial charge in [0, 0.05) is 12.1 Å². The number of hydrogen-bond donors (Lipinski definition) is 2. The van der Waals surface area contributed by atoms with Gasteiger partial charge in [0.05, 0.1) is 16.3 Å². The molecular formula is C20H18N6O6. The molecule has 0 saturated heterocycles. The quantitative estimate of drug-likeness (QED) is 0.396. The Bertz CT molecular complexity index is 1160. The zero-order chi connectivity index (χ0) is 23.3. The molecule has 12 nitrogen and oxygen atoms in total. The third-order valence-corrected chi connectivity index (χ3v) is 4.21. The maximum absolute atomic E-state index is 12.2. The largest absolute Gasteiger partial charge is 0.434 e. The Morgan fingerprint density at radius 2 is 1.66 bits per heavy atom. The summed E-state index contributed by atoms with van der Waals surface area (Å²) in [6.07, 6.45) is 0.950. The van der Waals surface area contributed by atoms with Gasteiger partial charge in [-0.2, -0.15) is 4.98 Å². The van der Waals surface area contributed by atoms with Crippen LogP contribution in [0.5, 0.6) is 11.6 Å². The van der Waals surface area contributed by atoms with E-state index < -0.39 is 21.4 Å². The first-order valence-electron chi connectivity index (χ1n) is 9.26. The molecule has 3 aromatic rings. The number of non-ortho nitro benzene ring substituents is 1. The number of nitro benzene ring substituents is 1. The van der Waals surface area contributed by atoms with E-state index in [1.807, 2.05) is 19.9 Å². The molecule has 0 radical (unpaired) electrons. The Morgan fingerprint density at radius 3 is 2.25 bits per heavy atom. The van der Waals surface area contributed by atoms with Gasteiger partial charge in [-0.25, -0.2) is 4.98 Å². The van der Waals surface area contributed by atoms with E-state index in [4.69, 9.17) is 4.74 Å². The van der Waals surface area contributed by atoms with Crippen molar-refractivity contribution in [2.75, 3.05) is 5.43 Å². The van der Waals surface area contributed by atoms with Crippen molar-refractivity contribution in [3.05, 3.63) is 85.7 Å². The van der Waals surface area contributed by atoms with Gasteiger partial charge in [0.15, 0.2) is 0 Å². The van der Waals surface area contributed by atoms with Gasteiger partial charge in [-0.3, -0.25) is 35.9 Å². The molecule has 0 saturated carbocycles. The molecule has 0 atom stereocenters. The second-order valence-electron chi connectivity index (χ2n) is 6.83. The van der Waals surface area contributed by atoms with E-state index in [0.29, 0.717) is 11.3 Å². The number of aryl methyl sites for hydroxylation is 2. The minimum absolute atomic E-state index is 0.0970. The van der Waals surface area contributed by atoms with Gasteiger partial charge in [0.2, 0.25) is 11.7 Å². The summed E-state index contributed by atoms with van der Waals surface area (Å²) in [6.45, 7) is 3.73. The number of anilines is 1. The van der Waals surface area contributed by atoms with Crippen LogP contribution < -0.4 is 15.6 Å². The number of carbonyl (C=O) groups is 1. The van der Waals surface area contributed by atoms with Crippen LogP contribution in [-0.2, 0) is 11.2 Å². The van der Waals surface area contributed by atoms with E-state index in [9.17, 15) is 25.0 Å². The monoisotopic (exact) mass is 438 g/mol. The van der Waals surface area contributed by atoms with Gasteiger partial charge in [-0.1, -0.05) is 18.2 Å². The third kappa shape index (κ3) is 5.50. The molecule has 0 aliphatic rings. The molecule has 2 aromatic carbocycles. The molecule has 0 unspecified atom stereocenters. The fourth-order valence-electron chi connectivity index (χ4n) is 2.89. The van der Waals surface area contributed by atoms with Gasteiger partial charge >= 0.3 is 11.6 Å². The number of benzene rings is 2. The number of aromatic nitrogens is 2. The van der Waals surface area contributed by atoms with Crippen molar-refractivity contribution in [2.24, 2.45) is 0 Å². The van der Waals surface area contributed by atoms with Crippen LogP contribution in [0.3, 0.4) is 0 Å². The van der Waals surface area contributed by atoms with Crippen molar-refractivity contribution in [3.63, 3.8) is 0 Å². The number of hydrogen-bond acceptors (Lipinski definition) is 9. The number of rotatable bonds is 8. The van der Waals surface area contributed by atoms with E-state index >= 15 is 0 Å². The molecule has 0 aliphatic heterocycles. The van der Waals surface area contributed by atoms with Crippen LogP contribution in [0.2, 0.25) is 0 Å². The van der Waals surface area contributed by atoms with E-state index in [1.165, 1.54) is 24.3 Å². The highest BCUT2D eigenvalue weighted by molar-refractivity contribution is 5.80. The number of carbonyl (C=O) groups excluding carboxylic acids is 1. The van der Waals surface area contributed by atoms with Crippen LogP contribution in [-0.4, -0.2) is 25.7 Å².